The maximum atomic E-state index is 13.2. The van der Waals surface area contributed by atoms with E-state index in [1.807, 2.05) is 6.92 Å². The van der Waals surface area contributed by atoms with Gasteiger partial charge >= 0.3 is 0 Å². The Morgan fingerprint density at radius 2 is 1.94 bits per heavy atom. The number of nitrogens with one attached hydrogen (secondary N) is 2. The average molecular weight is 293 g/mol. The van der Waals surface area contributed by atoms with Crippen molar-refractivity contribution in [1.29, 1.82) is 0 Å². The number of hydrogen-bond donors (Lipinski definition) is 2. The molecule has 1 unspecified atom stereocenters. The predicted molar refractivity (Wildman–Crippen MR) is 72.8 cm³/mol. The first-order valence-electron chi connectivity index (χ1n) is 5.61. The highest BCUT2D eigenvalue weighted by Gasteiger charge is 2.14. The van der Waals surface area contributed by atoms with Crippen molar-refractivity contribution in [1.82, 2.24) is 5.32 Å². The summed E-state index contributed by atoms with van der Waals surface area (Å²) in [4.78, 5) is 11.8. The maximum absolute atomic E-state index is 13.2. The molecule has 0 fully saturated rings. The Bertz CT molecular complexity index is 417. The van der Waals surface area contributed by atoms with Crippen LogP contribution in [0.15, 0.2) is 12.1 Å². The number of rotatable bonds is 5. The quantitative estimate of drug-likeness (QED) is 0.818. The van der Waals surface area contributed by atoms with Gasteiger partial charge in [0.2, 0.25) is 5.91 Å². The maximum Gasteiger partial charge on any atom is 0.228 e. The van der Waals surface area contributed by atoms with Crippen LogP contribution in [0.5, 0.6) is 0 Å². The number of benzene rings is 1. The second-order valence-corrected chi connectivity index (χ2v) is 4.77. The van der Waals surface area contributed by atoms with Crippen LogP contribution in [0.3, 0.4) is 0 Å². The second-order valence-electron chi connectivity index (χ2n) is 3.95. The van der Waals surface area contributed by atoms with Crippen LogP contribution in [-0.2, 0) is 4.79 Å². The zero-order valence-electron chi connectivity index (χ0n) is 10.2. The molecule has 0 spiro atoms. The summed E-state index contributed by atoms with van der Waals surface area (Å²) in [5.74, 6) is -1.06. The Morgan fingerprint density at radius 3 is 2.44 bits per heavy atom. The first kappa shape index (κ1) is 15.2. The molecular formula is C12H15Cl2FN2O. The third kappa shape index (κ3) is 4.12. The molecular weight excluding hydrogens is 278 g/mol. The zero-order valence-corrected chi connectivity index (χ0v) is 11.7. The molecule has 0 aromatic heterocycles. The van der Waals surface area contributed by atoms with Gasteiger partial charge in [-0.25, -0.2) is 4.39 Å². The lowest BCUT2D eigenvalue weighted by Gasteiger charge is -2.13. The highest BCUT2D eigenvalue weighted by atomic mass is 35.5. The van der Waals surface area contributed by atoms with Crippen LogP contribution in [0.2, 0.25) is 10.0 Å². The van der Waals surface area contributed by atoms with E-state index < -0.39 is 5.82 Å². The molecule has 0 heterocycles. The molecule has 0 aliphatic rings. The van der Waals surface area contributed by atoms with E-state index in [0.717, 1.165) is 6.54 Å². The zero-order chi connectivity index (χ0) is 13.7. The van der Waals surface area contributed by atoms with E-state index in [2.05, 4.69) is 10.6 Å². The van der Waals surface area contributed by atoms with Crippen LogP contribution in [0.1, 0.15) is 13.8 Å². The Hall–Kier alpha value is -0.840. The van der Waals surface area contributed by atoms with Crippen LogP contribution in [-0.4, -0.2) is 19.0 Å². The fraction of sp³-hybridized carbons (Fsp3) is 0.417. The normalized spacial score (nSPS) is 12.3. The van der Waals surface area contributed by atoms with Gasteiger partial charge in [-0.2, -0.15) is 0 Å². The molecule has 0 saturated carbocycles. The van der Waals surface area contributed by atoms with Crippen molar-refractivity contribution in [3.05, 3.63) is 28.0 Å². The van der Waals surface area contributed by atoms with Crippen LogP contribution >= 0.6 is 23.2 Å². The minimum Gasteiger partial charge on any atom is -0.326 e. The molecule has 0 bridgehead atoms. The van der Waals surface area contributed by atoms with E-state index in [0.29, 0.717) is 12.2 Å². The number of hydrogen-bond acceptors (Lipinski definition) is 2. The van der Waals surface area contributed by atoms with E-state index in [1.54, 1.807) is 6.92 Å². The molecule has 1 amide bonds. The third-order valence-corrected chi connectivity index (χ3v) is 2.95. The SMILES string of the molecule is CCNCC(C)C(=O)Nc1cc(Cl)c(F)c(Cl)c1. The van der Waals surface area contributed by atoms with Crippen molar-refractivity contribution >= 4 is 34.8 Å². The van der Waals surface area contributed by atoms with Crippen LogP contribution in [0.4, 0.5) is 10.1 Å². The van der Waals surface area contributed by atoms with Crippen LogP contribution in [0, 0.1) is 11.7 Å². The van der Waals surface area contributed by atoms with Gasteiger partial charge in [0, 0.05) is 18.2 Å². The van der Waals surface area contributed by atoms with E-state index in [9.17, 15) is 9.18 Å². The summed E-state index contributed by atoms with van der Waals surface area (Å²) >= 11 is 11.3. The van der Waals surface area contributed by atoms with Crippen LogP contribution < -0.4 is 10.6 Å². The van der Waals surface area contributed by atoms with Gasteiger partial charge in [0.15, 0.2) is 5.82 Å². The van der Waals surface area contributed by atoms with Crippen molar-refractivity contribution in [2.45, 2.75) is 13.8 Å². The highest BCUT2D eigenvalue weighted by molar-refractivity contribution is 6.35. The minimum atomic E-state index is -0.683. The monoisotopic (exact) mass is 292 g/mol. The molecule has 0 aliphatic carbocycles. The molecule has 100 valence electrons. The fourth-order valence-corrected chi connectivity index (χ4v) is 1.83. The summed E-state index contributed by atoms with van der Waals surface area (Å²) in [6.07, 6.45) is 0. The standard InChI is InChI=1S/C12H15Cl2FN2O/c1-3-16-6-7(2)12(18)17-8-4-9(13)11(15)10(14)5-8/h4-5,7,16H,3,6H2,1-2H3,(H,17,18). The first-order valence-corrected chi connectivity index (χ1v) is 6.37. The van der Waals surface area contributed by atoms with E-state index in [1.165, 1.54) is 12.1 Å². The molecule has 0 radical (unpaired) electrons. The Labute approximate surface area is 116 Å². The van der Waals surface area contributed by atoms with E-state index in [4.69, 9.17) is 23.2 Å². The van der Waals surface area contributed by atoms with Crippen molar-refractivity contribution < 1.29 is 9.18 Å². The smallest absolute Gasteiger partial charge is 0.228 e. The summed E-state index contributed by atoms with van der Waals surface area (Å²) in [7, 11) is 0. The average Bonchev–Trinajstić information content (AvgIpc) is 2.32. The summed E-state index contributed by atoms with van der Waals surface area (Å²) in [5.41, 5.74) is 0.389. The third-order valence-electron chi connectivity index (χ3n) is 2.40. The van der Waals surface area contributed by atoms with E-state index >= 15 is 0 Å². The molecule has 3 nitrogen and oxygen atoms in total. The lowest BCUT2D eigenvalue weighted by Crippen LogP contribution is -2.30. The van der Waals surface area contributed by atoms with Crippen molar-refractivity contribution in [3.8, 4) is 0 Å². The van der Waals surface area contributed by atoms with Gasteiger partial charge in [0.25, 0.3) is 0 Å². The van der Waals surface area contributed by atoms with Crippen molar-refractivity contribution in [2.75, 3.05) is 18.4 Å². The van der Waals surface area contributed by atoms with Gasteiger partial charge in [-0.3, -0.25) is 4.79 Å². The summed E-state index contributed by atoms with van der Waals surface area (Å²) in [6.45, 7) is 5.13. The van der Waals surface area contributed by atoms with E-state index in [-0.39, 0.29) is 21.9 Å². The van der Waals surface area contributed by atoms with Crippen molar-refractivity contribution in [3.63, 3.8) is 0 Å². The molecule has 1 atom stereocenters. The summed E-state index contributed by atoms with van der Waals surface area (Å²) in [6, 6.07) is 2.67. The largest absolute Gasteiger partial charge is 0.326 e. The molecule has 0 aliphatic heterocycles. The summed E-state index contributed by atoms with van der Waals surface area (Å²) < 4.78 is 13.2. The van der Waals surface area contributed by atoms with Gasteiger partial charge in [-0.1, -0.05) is 37.0 Å². The lowest BCUT2D eigenvalue weighted by molar-refractivity contribution is -0.119. The topological polar surface area (TPSA) is 41.1 Å². The van der Waals surface area contributed by atoms with Gasteiger partial charge in [-0.15, -0.1) is 0 Å². The molecule has 2 N–H and O–H groups in total. The number of amides is 1. The minimum absolute atomic E-state index is 0.114. The molecule has 0 saturated heterocycles. The van der Waals surface area contributed by atoms with Gasteiger partial charge in [-0.05, 0) is 18.7 Å². The highest BCUT2D eigenvalue weighted by Crippen LogP contribution is 2.27. The Morgan fingerprint density at radius 1 is 1.39 bits per heavy atom. The molecule has 1 rings (SSSR count). The van der Waals surface area contributed by atoms with Gasteiger partial charge in [0.1, 0.15) is 0 Å². The predicted octanol–water partition coefficient (Wildman–Crippen LogP) is 3.32. The lowest BCUT2D eigenvalue weighted by atomic mass is 10.1. The first-order chi connectivity index (χ1) is 8.45. The molecule has 1 aromatic rings. The van der Waals surface area contributed by atoms with Crippen LogP contribution in [0.25, 0.3) is 0 Å². The second kappa shape index (κ2) is 6.92. The number of carbonyl (C=O) groups excluding carboxylic acids is 1. The Balaban J connectivity index is 2.70. The molecule has 1 aromatic carbocycles. The molecule has 18 heavy (non-hydrogen) atoms. The van der Waals surface area contributed by atoms with Gasteiger partial charge in [0.05, 0.1) is 10.0 Å². The number of carbonyl (C=O) groups is 1. The number of anilines is 1. The Kier molecular flexibility index (Phi) is 5.85. The summed E-state index contributed by atoms with van der Waals surface area (Å²) in [5, 5.41) is 5.49. The number of halogens is 3. The van der Waals surface area contributed by atoms with Crippen molar-refractivity contribution in [2.24, 2.45) is 5.92 Å². The fourth-order valence-electron chi connectivity index (χ4n) is 1.35. The van der Waals surface area contributed by atoms with Gasteiger partial charge < -0.3 is 10.6 Å². The molecule has 6 heteroatoms.